The summed E-state index contributed by atoms with van der Waals surface area (Å²) in [5.41, 5.74) is -0.724. The highest BCUT2D eigenvalue weighted by atomic mass is 19.4. The van der Waals surface area contributed by atoms with Gasteiger partial charge in [-0.3, -0.25) is 5.32 Å². The third-order valence-electron chi connectivity index (χ3n) is 4.32. The van der Waals surface area contributed by atoms with Crippen LogP contribution in [0, 0.1) is 11.3 Å². The lowest BCUT2D eigenvalue weighted by atomic mass is 10.1. The van der Waals surface area contributed by atoms with Crippen molar-refractivity contribution in [3.8, 4) is 17.6 Å². The monoisotopic (exact) mass is 408 g/mol. The Balaban J connectivity index is 2.14. The highest BCUT2D eigenvalue weighted by molar-refractivity contribution is 5.44. The Morgan fingerprint density at radius 2 is 1.93 bits per heavy atom. The molecule has 0 amide bonds. The van der Waals surface area contributed by atoms with E-state index in [-0.39, 0.29) is 12.3 Å². The van der Waals surface area contributed by atoms with Crippen LogP contribution in [0.25, 0.3) is 0 Å². The molecule has 8 heteroatoms. The van der Waals surface area contributed by atoms with Gasteiger partial charge in [0.25, 0.3) is 0 Å². The smallest absolute Gasteiger partial charge is 0.417 e. The number of halogens is 3. The van der Waals surface area contributed by atoms with Crippen LogP contribution in [0.15, 0.2) is 42.5 Å². The molecule has 2 N–H and O–H groups in total. The summed E-state index contributed by atoms with van der Waals surface area (Å²) >= 11 is 0. The van der Waals surface area contributed by atoms with Gasteiger partial charge in [-0.25, -0.2) is 0 Å². The number of aliphatic hydroxyl groups excluding tert-OH is 1. The molecule has 2 aromatic rings. The highest BCUT2D eigenvalue weighted by Crippen LogP contribution is 2.34. The maximum absolute atomic E-state index is 13.2. The van der Waals surface area contributed by atoms with Gasteiger partial charge in [-0.15, -0.1) is 0 Å². The summed E-state index contributed by atoms with van der Waals surface area (Å²) in [6.07, 6.45) is -5.50. The maximum atomic E-state index is 13.2. The van der Waals surface area contributed by atoms with Crippen molar-refractivity contribution in [1.82, 2.24) is 5.32 Å². The topological polar surface area (TPSA) is 74.5 Å². The Hall–Kier alpha value is -2.76. The van der Waals surface area contributed by atoms with Crippen LogP contribution in [-0.4, -0.2) is 24.5 Å². The number of benzene rings is 2. The second-order valence-corrected chi connectivity index (χ2v) is 6.40. The van der Waals surface area contributed by atoms with Gasteiger partial charge in [-0.1, -0.05) is 31.5 Å². The van der Waals surface area contributed by atoms with Crippen LogP contribution in [0.5, 0.6) is 11.5 Å². The largest absolute Gasteiger partial charge is 0.496 e. The third kappa shape index (κ3) is 6.11. The second-order valence-electron chi connectivity index (χ2n) is 6.40. The minimum atomic E-state index is -4.68. The van der Waals surface area contributed by atoms with Gasteiger partial charge >= 0.3 is 6.18 Å². The molecule has 0 fully saturated rings. The van der Waals surface area contributed by atoms with Crippen molar-refractivity contribution in [1.29, 1.82) is 5.26 Å². The van der Waals surface area contributed by atoms with Crippen molar-refractivity contribution in [2.75, 3.05) is 7.11 Å². The lowest BCUT2D eigenvalue weighted by molar-refractivity contribution is -0.138. The Bertz CT molecular complexity index is 850. The van der Waals surface area contributed by atoms with Gasteiger partial charge in [0.2, 0.25) is 0 Å². The second kappa shape index (κ2) is 10.1. The number of nitrogens with zero attached hydrogens (tertiary/aromatic N) is 1. The zero-order chi connectivity index (χ0) is 21.4. The quantitative estimate of drug-likeness (QED) is 0.607. The maximum Gasteiger partial charge on any atom is 0.417 e. The number of rotatable bonds is 9. The zero-order valence-corrected chi connectivity index (χ0v) is 16.2. The van der Waals surface area contributed by atoms with Crippen LogP contribution in [-0.2, 0) is 12.7 Å². The van der Waals surface area contributed by atoms with Crippen molar-refractivity contribution in [2.24, 2.45) is 0 Å². The first-order valence-electron chi connectivity index (χ1n) is 9.11. The Morgan fingerprint density at radius 3 is 2.55 bits per heavy atom. The molecule has 2 unspecified atom stereocenters. The summed E-state index contributed by atoms with van der Waals surface area (Å²) < 4.78 is 50.4. The SMILES string of the molecule is CCCC(Oc1ccc(C#N)c(C(F)(F)F)c1)C(O)NCc1ccccc1OC. The van der Waals surface area contributed by atoms with Gasteiger partial charge in [0.1, 0.15) is 23.8 Å². The summed E-state index contributed by atoms with van der Waals surface area (Å²) in [5, 5.41) is 22.3. The van der Waals surface area contributed by atoms with Crippen molar-refractivity contribution < 1.29 is 27.8 Å². The number of para-hydroxylation sites is 1. The predicted molar refractivity (Wildman–Crippen MR) is 101 cm³/mol. The fourth-order valence-electron chi connectivity index (χ4n) is 2.86. The van der Waals surface area contributed by atoms with Crippen LogP contribution >= 0.6 is 0 Å². The molecule has 0 heterocycles. The average Bonchev–Trinajstić information content (AvgIpc) is 2.71. The summed E-state index contributed by atoms with van der Waals surface area (Å²) in [4.78, 5) is 0. The average molecular weight is 408 g/mol. The minimum absolute atomic E-state index is 0.0621. The van der Waals surface area contributed by atoms with E-state index in [1.807, 2.05) is 25.1 Å². The standard InChI is InChI=1S/C21H23F3N2O3/c1-3-6-19(20(27)26-13-15-7-4-5-8-18(15)28-2)29-16-10-9-14(12-25)17(11-16)21(22,23)24/h4-5,7-11,19-20,26-27H,3,6,13H2,1-2H3. The first kappa shape index (κ1) is 22.5. The number of alkyl halides is 3. The van der Waals surface area contributed by atoms with E-state index in [0.29, 0.717) is 18.6 Å². The van der Waals surface area contributed by atoms with E-state index in [1.165, 1.54) is 12.1 Å². The van der Waals surface area contributed by atoms with Crippen molar-refractivity contribution in [3.63, 3.8) is 0 Å². The van der Waals surface area contributed by atoms with Gasteiger partial charge < -0.3 is 14.6 Å². The molecule has 0 radical (unpaired) electrons. The number of nitrogens with one attached hydrogen (secondary N) is 1. The zero-order valence-electron chi connectivity index (χ0n) is 16.2. The van der Waals surface area contributed by atoms with Crippen molar-refractivity contribution >= 4 is 0 Å². The fourth-order valence-corrected chi connectivity index (χ4v) is 2.86. The molecule has 156 valence electrons. The van der Waals surface area contributed by atoms with E-state index >= 15 is 0 Å². The Kier molecular flexibility index (Phi) is 7.88. The molecule has 0 aliphatic rings. The molecule has 0 saturated heterocycles. The molecule has 0 bridgehead atoms. The van der Waals surface area contributed by atoms with E-state index in [2.05, 4.69) is 5.32 Å². The van der Waals surface area contributed by atoms with Gasteiger partial charge in [-0.2, -0.15) is 18.4 Å². The fraction of sp³-hybridized carbons (Fsp3) is 0.381. The molecule has 0 saturated carbocycles. The highest BCUT2D eigenvalue weighted by Gasteiger charge is 2.34. The van der Waals surface area contributed by atoms with Crippen LogP contribution in [0.4, 0.5) is 13.2 Å². The Labute approximate surface area is 167 Å². The molecule has 2 rings (SSSR count). The number of methoxy groups -OCH3 is 1. The van der Waals surface area contributed by atoms with Gasteiger partial charge in [0.05, 0.1) is 24.3 Å². The van der Waals surface area contributed by atoms with E-state index in [0.717, 1.165) is 17.7 Å². The lowest BCUT2D eigenvalue weighted by Crippen LogP contribution is -2.42. The third-order valence-corrected chi connectivity index (χ3v) is 4.32. The lowest BCUT2D eigenvalue weighted by Gasteiger charge is -2.25. The van der Waals surface area contributed by atoms with Crippen LogP contribution < -0.4 is 14.8 Å². The number of hydrogen-bond acceptors (Lipinski definition) is 5. The number of aliphatic hydroxyl groups is 1. The molecular formula is C21H23F3N2O3. The van der Waals surface area contributed by atoms with Crippen molar-refractivity contribution in [2.45, 2.75) is 44.8 Å². The van der Waals surface area contributed by atoms with Gasteiger partial charge in [0.15, 0.2) is 0 Å². The van der Waals surface area contributed by atoms with Gasteiger partial charge in [-0.05, 0) is 30.7 Å². The molecule has 0 aliphatic carbocycles. The molecule has 0 spiro atoms. The number of ether oxygens (including phenoxy) is 2. The summed E-state index contributed by atoms with van der Waals surface area (Å²) in [6, 6.07) is 12.0. The molecule has 5 nitrogen and oxygen atoms in total. The van der Waals surface area contributed by atoms with E-state index in [4.69, 9.17) is 14.7 Å². The molecule has 0 aliphatic heterocycles. The molecule has 0 aromatic heterocycles. The minimum Gasteiger partial charge on any atom is -0.496 e. The molecule has 29 heavy (non-hydrogen) atoms. The van der Waals surface area contributed by atoms with Gasteiger partial charge in [0, 0.05) is 12.1 Å². The number of hydrogen-bond donors (Lipinski definition) is 2. The Morgan fingerprint density at radius 1 is 1.21 bits per heavy atom. The predicted octanol–water partition coefficient (Wildman–Crippen LogP) is 4.24. The van der Waals surface area contributed by atoms with Crippen LogP contribution in [0.3, 0.4) is 0 Å². The van der Waals surface area contributed by atoms with Crippen LogP contribution in [0.1, 0.15) is 36.5 Å². The summed E-state index contributed by atoms with van der Waals surface area (Å²) in [7, 11) is 1.54. The van der Waals surface area contributed by atoms with E-state index in [1.54, 1.807) is 13.2 Å². The van der Waals surface area contributed by atoms with E-state index < -0.39 is 29.6 Å². The van der Waals surface area contributed by atoms with E-state index in [9.17, 15) is 18.3 Å². The molecular weight excluding hydrogens is 385 g/mol. The molecule has 2 atom stereocenters. The first-order chi connectivity index (χ1) is 13.8. The number of nitriles is 1. The normalized spacial score (nSPS) is 13.4. The molecule has 2 aromatic carbocycles. The first-order valence-corrected chi connectivity index (χ1v) is 9.11. The summed E-state index contributed by atoms with van der Waals surface area (Å²) in [6.45, 7) is 2.17. The van der Waals surface area contributed by atoms with Crippen LogP contribution in [0.2, 0.25) is 0 Å². The summed E-state index contributed by atoms with van der Waals surface area (Å²) in [5.74, 6) is 0.593. The van der Waals surface area contributed by atoms with Crippen molar-refractivity contribution in [3.05, 3.63) is 59.2 Å².